The molecule has 0 saturated carbocycles. The fourth-order valence-electron chi connectivity index (χ4n) is 1.47. The largest absolute Gasteiger partial charge is 0.464 e. The average Bonchev–Trinajstić information content (AvgIpc) is 2.72. The monoisotopic (exact) mass is 334 g/mol. The number of nitrogens with zero attached hydrogens (tertiary/aromatic N) is 1. The molecule has 0 spiro atoms. The first kappa shape index (κ1) is 17.7. The Bertz CT molecular complexity index is 499. The minimum absolute atomic E-state index is 0.153. The number of hydrogen-bond donors (Lipinski definition) is 1. The number of carbonyl (C=O) groups excluding carboxylic acids is 2. The van der Waals surface area contributed by atoms with Crippen molar-refractivity contribution >= 4 is 35.0 Å². The molecule has 8 heteroatoms. The van der Waals surface area contributed by atoms with Crippen LogP contribution in [-0.2, 0) is 20.7 Å². The Morgan fingerprint density at radius 1 is 1.48 bits per heavy atom. The summed E-state index contributed by atoms with van der Waals surface area (Å²) in [4.78, 5) is 27.8. The maximum Gasteiger partial charge on any atom is 0.408 e. The summed E-state index contributed by atoms with van der Waals surface area (Å²) in [6.07, 6.45) is -0.535. The number of alkyl carbamates (subject to hydrolysis) is 1. The molecule has 1 rings (SSSR count). The minimum Gasteiger partial charge on any atom is -0.464 e. The van der Waals surface area contributed by atoms with Crippen molar-refractivity contribution in [3.63, 3.8) is 0 Å². The fourth-order valence-corrected chi connectivity index (χ4v) is 2.26. The predicted octanol–water partition coefficient (Wildman–Crippen LogP) is 2.80. The van der Waals surface area contributed by atoms with E-state index in [0.29, 0.717) is 10.0 Å². The van der Waals surface area contributed by atoms with Crippen LogP contribution in [0.5, 0.6) is 0 Å². The van der Waals surface area contributed by atoms with E-state index in [0.717, 1.165) is 0 Å². The van der Waals surface area contributed by atoms with Gasteiger partial charge in [0.25, 0.3) is 0 Å². The highest BCUT2D eigenvalue weighted by molar-refractivity contribution is 7.14. The van der Waals surface area contributed by atoms with Crippen molar-refractivity contribution in [2.75, 3.05) is 6.61 Å². The molecule has 0 aromatic carbocycles. The number of nitrogens with one attached hydrogen (secondary N) is 1. The zero-order valence-electron chi connectivity index (χ0n) is 12.4. The third-order valence-electron chi connectivity index (χ3n) is 2.25. The van der Waals surface area contributed by atoms with Gasteiger partial charge in [0.15, 0.2) is 0 Å². The summed E-state index contributed by atoms with van der Waals surface area (Å²) in [5.74, 6) is -0.549. The molecule has 1 atom stereocenters. The molecular formula is C13H19ClN2O4S. The topological polar surface area (TPSA) is 77.5 Å². The highest BCUT2D eigenvalue weighted by Crippen LogP contribution is 2.21. The second-order valence-electron chi connectivity index (χ2n) is 5.23. The third kappa shape index (κ3) is 6.31. The first-order valence-corrected chi connectivity index (χ1v) is 7.72. The zero-order valence-corrected chi connectivity index (χ0v) is 14.0. The molecule has 0 aliphatic carbocycles. The molecule has 21 heavy (non-hydrogen) atoms. The van der Waals surface area contributed by atoms with E-state index in [-0.39, 0.29) is 13.0 Å². The SMILES string of the molecule is CCOC(=O)C(Cc1ncsc1Cl)NC(=O)OC(C)(C)C. The van der Waals surface area contributed by atoms with Crippen LogP contribution in [-0.4, -0.2) is 35.3 Å². The molecule has 0 aliphatic heterocycles. The van der Waals surface area contributed by atoms with Crippen molar-refractivity contribution in [2.24, 2.45) is 0 Å². The number of ether oxygens (including phenoxy) is 2. The second-order valence-corrected chi connectivity index (χ2v) is 6.68. The summed E-state index contributed by atoms with van der Waals surface area (Å²) in [6.45, 7) is 7.13. The lowest BCUT2D eigenvalue weighted by molar-refractivity contribution is -0.145. The van der Waals surface area contributed by atoms with E-state index in [9.17, 15) is 9.59 Å². The molecule has 118 valence electrons. The van der Waals surface area contributed by atoms with Gasteiger partial charge in [-0.3, -0.25) is 0 Å². The van der Waals surface area contributed by atoms with Crippen LogP contribution in [0.15, 0.2) is 5.51 Å². The van der Waals surface area contributed by atoms with Crippen molar-refractivity contribution in [2.45, 2.75) is 45.8 Å². The van der Waals surface area contributed by atoms with Crippen LogP contribution < -0.4 is 5.32 Å². The van der Waals surface area contributed by atoms with Gasteiger partial charge in [-0.05, 0) is 27.7 Å². The van der Waals surface area contributed by atoms with Gasteiger partial charge < -0.3 is 14.8 Å². The van der Waals surface area contributed by atoms with E-state index in [1.165, 1.54) is 11.3 Å². The molecule has 0 aliphatic rings. The maximum absolute atomic E-state index is 11.9. The maximum atomic E-state index is 11.9. The second kappa shape index (κ2) is 7.61. The Morgan fingerprint density at radius 3 is 2.62 bits per heavy atom. The van der Waals surface area contributed by atoms with Gasteiger partial charge in [0.2, 0.25) is 0 Å². The van der Waals surface area contributed by atoms with Gasteiger partial charge in [-0.15, -0.1) is 11.3 Å². The molecule has 1 aromatic heterocycles. The van der Waals surface area contributed by atoms with E-state index in [1.807, 2.05) is 0 Å². The lowest BCUT2D eigenvalue weighted by atomic mass is 10.1. The summed E-state index contributed by atoms with van der Waals surface area (Å²) in [7, 11) is 0. The van der Waals surface area contributed by atoms with Gasteiger partial charge in [-0.25, -0.2) is 14.6 Å². The Hall–Kier alpha value is -1.34. The smallest absolute Gasteiger partial charge is 0.408 e. The molecular weight excluding hydrogens is 316 g/mol. The predicted molar refractivity (Wildman–Crippen MR) is 80.6 cm³/mol. The molecule has 0 bridgehead atoms. The summed E-state index contributed by atoms with van der Waals surface area (Å²) in [6, 6.07) is -0.889. The van der Waals surface area contributed by atoms with Crippen molar-refractivity contribution in [3.05, 3.63) is 15.5 Å². The molecule has 1 amide bonds. The number of rotatable bonds is 5. The fraction of sp³-hybridized carbons (Fsp3) is 0.615. The molecule has 1 unspecified atom stereocenters. The van der Waals surface area contributed by atoms with Gasteiger partial charge in [0.05, 0.1) is 17.8 Å². The lowest BCUT2D eigenvalue weighted by Crippen LogP contribution is -2.45. The summed E-state index contributed by atoms with van der Waals surface area (Å²) < 4.78 is 10.6. The zero-order chi connectivity index (χ0) is 16.0. The summed E-state index contributed by atoms with van der Waals surface area (Å²) >= 11 is 7.23. The Morgan fingerprint density at radius 2 is 2.14 bits per heavy atom. The average molecular weight is 335 g/mol. The van der Waals surface area contributed by atoms with Crippen LogP contribution in [0.3, 0.4) is 0 Å². The minimum atomic E-state index is -0.889. The Kier molecular flexibility index (Phi) is 6.42. The van der Waals surface area contributed by atoms with Crippen molar-refractivity contribution < 1.29 is 19.1 Å². The Balaban J connectivity index is 2.76. The Labute approximate surface area is 132 Å². The van der Waals surface area contributed by atoms with Gasteiger partial charge in [0.1, 0.15) is 16.0 Å². The van der Waals surface area contributed by atoms with E-state index in [4.69, 9.17) is 21.1 Å². The molecule has 1 aromatic rings. The van der Waals surface area contributed by atoms with Crippen LogP contribution >= 0.6 is 22.9 Å². The van der Waals surface area contributed by atoms with Crippen molar-refractivity contribution in [3.8, 4) is 0 Å². The van der Waals surface area contributed by atoms with Crippen molar-refractivity contribution in [1.29, 1.82) is 0 Å². The standard InChI is InChI=1S/C13H19ClN2O4S/c1-5-19-11(17)9(6-8-10(14)21-7-15-8)16-12(18)20-13(2,3)4/h7,9H,5-6H2,1-4H3,(H,16,18). The van der Waals surface area contributed by atoms with Gasteiger partial charge in [-0.2, -0.15) is 0 Å². The number of aromatic nitrogens is 1. The molecule has 0 fully saturated rings. The number of carbonyl (C=O) groups is 2. The highest BCUT2D eigenvalue weighted by atomic mass is 35.5. The van der Waals surface area contributed by atoms with Crippen LogP contribution in [0, 0.1) is 0 Å². The first-order valence-electron chi connectivity index (χ1n) is 6.47. The number of thiazole rings is 1. The number of halogens is 1. The van der Waals surface area contributed by atoms with Crippen LogP contribution in [0.4, 0.5) is 4.79 Å². The third-order valence-corrected chi connectivity index (χ3v) is 3.39. The number of esters is 1. The lowest BCUT2D eigenvalue weighted by Gasteiger charge is -2.22. The molecule has 1 N–H and O–H groups in total. The normalized spacial score (nSPS) is 12.6. The van der Waals surface area contributed by atoms with Crippen LogP contribution in [0.1, 0.15) is 33.4 Å². The molecule has 0 radical (unpaired) electrons. The van der Waals surface area contributed by atoms with Crippen LogP contribution in [0.25, 0.3) is 0 Å². The number of hydrogen-bond acceptors (Lipinski definition) is 6. The van der Waals surface area contributed by atoms with E-state index in [1.54, 1.807) is 33.2 Å². The summed E-state index contributed by atoms with van der Waals surface area (Å²) in [5, 5.41) is 2.49. The van der Waals surface area contributed by atoms with E-state index < -0.39 is 23.7 Å². The van der Waals surface area contributed by atoms with Gasteiger partial charge >= 0.3 is 12.1 Å². The van der Waals surface area contributed by atoms with E-state index >= 15 is 0 Å². The highest BCUT2D eigenvalue weighted by Gasteiger charge is 2.27. The van der Waals surface area contributed by atoms with Gasteiger partial charge in [-0.1, -0.05) is 11.6 Å². The quantitative estimate of drug-likeness (QED) is 0.838. The summed E-state index contributed by atoms with van der Waals surface area (Å²) in [5.41, 5.74) is 1.46. The number of amides is 1. The molecule has 1 heterocycles. The van der Waals surface area contributed by atoms with E-state index in [2.05, 4.69) is 10.3 Å². The van der Waals surface area contributed by atoms with Gasteiger partial charge in [0, 0.05) is 6.42 Å². The van der Waals surface area contributed by atoms with Crippen molar-refractivity contribution in [1.82, 2.24) is 10.3 Å². The molecule has 6 nitrogen and oxygen atoms in total. The molecule has 0 saturated heterocycles. The first-order chi connectivity index (χ1) is 9.73. The van der Waals surface area contributed by atoms with Crippen LogP contribution in [0.2, 0.25) is 4.34 Å².